The van der Waals surface area contributed by atoms with Crippen LogP contribution >= 0.6 is 11.3 Å². The van der Waals surface area contributed by atoms with Crippen LogP contribution in [0.3, 0.4) is 0 Å². The monoisotopic (exact) mass is 421 g/mol. The Hall–Kier alpha value is -2.74. The summed E-state index contributed by atoms with van der Waals surface area (Å²) in [5.41, 5.74) is 1.12. The maximum Gasteiger partial charge on any atom is 0.338 e. The van der Waals surface area contributed by atoms with Crippen molar-refractivity contribution in [3.63, 3.8) is 0 Å². The van der Waals surface area contributed by atoms with Gasteiger partial charge in [-0.1, -0.05) is 0 Å². The van der Waals surface area contributed by atoms with Gasteiger partial charge in [-0.05, 0) is 46.7 Å². The zero-order chi connectivity index (χ0) is 20.6. The standard InChI is InChI=1S/C18H19N3O5S2/c1-21(11-14-7-10-27-13-14)17(22)12-26-18(23)15-3-5-16(6-4-15)28(24,25)20-9-2-8-19/h3-7,10,13,20H,2,9,11-12H2,1H3. The van der Waals surface area contributed by atoms with Crippen LogP contribution < -0.4 is 4.72 Å². The van der Waals surface area contributed by atoms with E-state index < -0.39 is 22.6 Å². The second-order valence-electron chi connectivity index (χ2n) is 5.79. The SMILES string of the molecule is CN(Cc1ccsc1)C(=O)COC(=O)c1ccc(S(=O)(=O)NCCC#N)cc1. The van der Waals surface area contributed by atoms with Crippen LogP contribution in [0.4, 0.5) is 0 Å². The summed E-state index contributed by atoms with van der Waals surface area (Å²) in [5, 5.41) is 12.3. The Morgan fingerprint density at radius 2 is 1.96 bits per heavy atom. The first-order chi connectivity index (χ1) is 13.3. The minimum atomic E-state index is -3.75. The second-order valence-corrected chi connectivity index (χ2v) is 8.33. The third-order valence-electron chi connectivity index (χ3n) is 3.68. The molecule has 1 aromatic heterocycles. The number of nitrogens with one attached hydrogen (secondary N) is 1. The van der Waals surface area contributed by atoms with Crippen molar-refractivity contribution in [3.8, 4) is 6.07 Å². The van der Waals surface area contributed by atoms with Gasteiger partial charge in [0.25, 0.3) is 5.91 Å². The van der Waals surface area contributed by atoms with E-state index in [9.17, 15) is 18.0 Å². The first kappa shape index (κ1) is 21.6. The molecule has 0 bridgehead atoms. The van der Waals surface area contributed by atoms with Crippen LogP contribution in [0, 0.1) is 11.3 Å². The van der Waals surface area contributed by atoms with Crippen molar-refractivity contribution in [2.75, 3.05) is 20.2 Å². The second kappa shape index (κ2) is 9.98. The molecule has 0 spiro atoms. The molecule has 2 aromatic rings. The quantitative estimate of drug-likeness (QED) is 0.487. The molecule has 1 aromatic carbocycles. The maximum atomic E-state index is 12.1. The van der Waals surface area contributed by atoms with E-state index in [1.807, 2.05) is 22.9 Å². The molecule has 2 rings (SSSR count). The molecule has 8 nitrogen and oxygen atoms in total. The fourth-order valence-electron chi connectivity index (χ4n) is 2.16. The summed E-state index contributed by atoms with van der Waals surface area (Å²) in [4.78, 5) is 25.5. The number of nitrogens with zero attached hydrogens (tertiary/aromatic N) is 2. The third-order valence-corrected chi connectivity index (χ3v) is 5.89. The number of carbonyl (C=O) groups is 2. The zero-order valence-electron chi connectivity index (χ0n) is 15.1. The van der Waals surface area contributed by atoms with Crippen LogP contribution in [0.25, 0.3) is 0 Å². The summed E-state index contributed by atoms with van der Waals surface area (Å²) >= 11 is 1.53. The van der Waals surface area contributed by atoms with Gasteiger partial charge in [0, 0.05) is 26.6 Å². The first-order valence-electron chi connectivity index (χ1n) is 8.22. The fourth-order valence-corrected chi connectivity index (χ4v) is 3.85. The van der Waals surface area contributed by atoms with Crippen molar-refractivity contribution in [3.05, 3.63) is 52.2 Å². The average molecular weight is 422 g/mol. The first-order valence-corrected chi connectivity index (χ1v) is 10.6. The molecule has 0 saturated carbocycles. The van der Waals surface area contributed by atoms with Crippen LogP contribution in [0.15, 0.2) is 46.0 Å². The number of thiophene rings is 1. The van der Waals surface area contributed by atoms with Crippen LogP contribution in [-0.2, 0) is 26.1 Å². The molecular formula is C18H19N3O5S2. The largest absolute Gasteiger partial charge is 0.452 e. The summed E-state index contributed by atoms with van der Waals surface area (Å²) < 4.78 is 31.3. The van der Waals surface area contributed by atoms with Crippen molar-refractivity contribution >= 4 is 33.2 Å². The van der Waals surface area contributed by atoms with Gasteiger partial charge < -0.3 is 9.64 Å². The summed E-state index contributed by atoms with van der Waals surface area (Å²) in [7, 11) is -2.13. The smallest absolute Gasteiger partial charge is 0.338 e. The molecule has 0 saturated heterocycles. The van der Waals surface area contributed by atoms with E-state index in [4.69, 9.17) is 10.00 Å². The van der Waals surface area contributed by atoms with E-state index >= 15 is 0 Å². The van der Waals surface area contributed by atoms with Gasteiger partial charge in [-0.2, -0.15) is 16.6 Å². The molecule has 0 fully saturated rings. The number of nitriles is 1. The number of hydrogen-bond donors (Lipinski definition) is 1. The molecule has 1 N–H and O–H groups in total. The van der Waals surface area contributed by atoms with E-state index in [0.717, 1.165) is 5.56 Å². The van der Waals surface area contributed by atoms with Gasteiger partial charge >= 0.3 is 5.97 Å². The average Bonchev–Trinajstić information content (AvgIpc) is 3.19. The molecule has 0 radical (unpaired) electrons. The number of hydrogen-bond acceptors (Lipinski definition) is 7. The molecule has 10 heteroatoms. The summed E-state index contributed by atoms with van der Waals surface area (Å²) in [6.45, 7) is 0.0180. The molecular weight excluding hydrogens is 402 g/mol. The Kier molecular flexibility index (Phi) is 7.69. The van der Waals surface area contributed by atoms with Gasteiger partial charge in [0.1, 0.15) is 0 Å². The van der Waals surface area contributed by atoms with Crippen LogP contribution in [-0.4, -0.2) is 45.4 Å². The van der Waals surface area contributed by atoms with Crippen LogP contribution in [0.1, 0.15) is 22.3 Å². The minimum absolute atomic E-state index is 0.00361. The van der Waals surface area contributed by atoms with Gasteiger partial charge in [0.2, 0.25) is 10.0 Å². The van der Waals surface area contributed by atoms with Crippen molar-refractivity contribution < 1.29 is 22.7 Å². The van der Waals surface area contributed by atoms with Gasteiger partial charge in [0.15, 0.2) is 6.61 Å². The molecule has 0 aliphatic rings. The third kappa shape index (κ3) is 6.16. The molecule has 28 heavy (non-hydrogen) atoms. The predicted molar refractivity (Wildman–Crippen MR) is 103 cm³/mol. The van der Waals surface area contributed by atoms with E-state index in [1.54, 1.807) is 7.05 Å². The van der Waals surface area contributed by atoms with Crippen molar-refractivity contribution in [1.29, 1.82) is 5.26 Å². The maximum absolute atomic E-state index is 12.1. The van der Waals surface area contributed by atoms with Crippen molar-refractivity contribution in [2.24, 2.45) is 0 Å². The molecule has 148 valence electrons. The number of rotatable bonds is 9. The van der Waals surface area contributed by atoms with Gasteiger partial charge in [-0.15, -0.1) is 0 Å². The number of ether oxygens (including phenoxy) is 1. The predicted octanol–water partition coefficient (Wildman–Crippen LogP) is 1.76. The Morgan fingerprint density at radius 3 is 2.57 bits per heavy atom. The fraction of sp³-hybridized carbons (Fsp3) is 0.278. The summed E-state index contributed by atoms with van der Waals surface area (Å²) in [6, 6.07) is 8.88. The lowest BCUT2D eigenvalue weighted by molar-refractivity contribution is -0.133. The van der Waals surface area contributed by atoms with Crippen LogP contribution in [0.2, 0.25) is 0 Å². The molecule has 0 aliphatic carbocycles. The van der Waals surface area contributed by atoms with E-state index in [2.05, 4.69) is 4.72 Å². The van der Waals surface area contributed by atoms with Crippen molar-refractivity contribution in [1.82, 2.24) is 9.62 Å². The number of likely N-dealkylation sites (N-methyl/N-ethyl adjacent to an activating group) is 1. The lowest BCUT2D eigenvalue weighted by atomic mass is 10.2. The summed E-state index contributed by atoms with van der Waals surface area (Å²) in [5.74, 6) is -1.07. The topological polar surface area (TPSA) is 117 Å². The highest BCUT2D eigenvalue weighted by Gasteiger charge is 2.17. The zero-order valence-corrected chi connectivity index (χ0v) is 16.8. The van der Waals surface area contributed by atoms with Crippen LogP contribution in [0.5, 0.6) is 0 Å². The Labute approximate surface area is 167 Å². The molecule has 0 atom stereocenters. The highest BCUT2D eigenvalue weighted by Crippen LogP contribution is 2.12. The lowest BCUT2D eigenvalue weighted by Crippen LogP contribution is -2.30. The Balaban J connectivity index is 1.88. The highest BCUT2D eigenvalue weighted by atomic mass is 32.2. The van der Waals surface area contributed by atoms with E-state index in [-0.39, 0.29) is 29.3 Å². The molecule has 1 heterocycles. The number of carbonyl (C=O) groups excluding carboxylic acids is 2. The number of amides is 1. The Bertz CT molecular complexity index is 948. The highest BCUT2D eigenvalue weighted by molar-refractivity contribution is 7.89. The summed E-state index contributed by atoms with van der Waals surface area (Å²) in [6.07, 6.45) is 0.0541. The van der Waals surface area contributed by atoms with Gasteiger partial charge in [0.05, 0.1) is 16.5 Å². The number of sulfonamides is 1. The van der Waals surface area contributed by atoms with Gasteiger partial charge in [-0.25, -0.2) is 17.9 Å². The van der Waals surface area contributed by atoms with Gasteiger partial charge in [-0.3, -0.25) is 4.79 Å². The minimum Gasteiger partial charge on any atom is -0.452 e. The van der Waals surface area contributed by atoms with Crippen molar-refractivity contribution in [2.45, 2.75) is 17.9 Å². The molecule has 1 amide bonds. The Morgan fingerprint density at radius 1 is 1.25 bits per heavy atom. The molecule has 0 unspecified atom stereocenters. The molecule has 0 aliphatic heterocycles. The lowest BCUT2D eigenvalue weighted by Gasteiger charge is -2.16. The van der Waals surface area contributed by atoms with E-state index in [1.165, 1.54) is 40.5 Å². The normalized spacial score (nSPS) is 10.9. The van der Waals surface area contributed by atoms with E-state index in [0.29, 0.717) is 6.54 Å². The number of benzene rings is 1. The number of esters is 1.